The SMILES string of the molecule is CC(=O)O.CC=CCC.CCC/C=C/CCC(=O)O. The van der Waals surface area contributed by atoms with Crippen LogP contribution in [-0.4, -0.2) is 22.2 Å². The molecule has 0 spiro atoms. The predicted octanol–water partition coefficient (Wildman–Crippen LogP) is 4.27. The first-order chi connectivity index (χ1) is 8.92. The van der Waals surface area contributed by atoms with E-state index in [2.05, 4.69) is 26.0 Å². The molecule has 0 amide bonds. The molecule has 0 aliphatic heterocycles. The Bertz CT molecular complexity index is 251. The number of carboxylic acid groups (broad SMARTS) is 2. The molecular formula is C15H28O4. The third-order valence-electron chi connectivity index (χ3n) is 1.62. The Morgan fingerprint density at radius 1 is 1.00 bits per heavy atom. The molecule has 0 fully saturated rings. The maximum Gasteiger partial charge on any atom is 0.303 e. The number of carbonyl (C=O) groups is 2. The van der Waals surface area contributed by atoms with Gasteiger partial charge in [0.15, 0.2) is 0 Å². The molecule has 0 aliphatic carbocycles. The van der Waals surface area contributed by atoms with Crippen LogP contribution in [0.2, 0.25) is 0 Å². The second-order valence-electron chi connectivity index (χ2n) is 3.69. The first-order valence-corrected chi connectivity index (χ1v) is 6.59. The highest BCUT2D eigenvalue weighted by atomic mass is 16.4. The second-order valence-corrected chi connectivity index (χ2v) is 3.69. The summed E-state index contributed by atoms with van der Waals surface area (Å²) in [6.45, 7) is 7.34. The van der Waals surface area contributed by atoms with Crippen molar-refractivity contribution in [3.05, 3.63) is 24.3 Å². The molecule has 0 aromatic heterocycles. The smallest absolute Gasteiger partial charge is 0.303 e. The molecule has 0 unspecified atom stereocenters. The van der Waals surface area contributed by atoms with Gasteiger partial charge in [-0.3, -0.25) is 9.59 Å². The highest BCUT2D eigenvalue weighted by Crippen LogP contribution is 1.94. The van der Waals surface area contributed by atoms with Crippen LogP contribution < -0.4 is 0 Å². The Kier molecular flexibility index (Phi) is 25.8. The fourth-order valence-electron chi connectivity index (χ4n) is 0.845. The van der Waals surface area contributed by atoms with Crippen LogP contribution in [0, 0.1) is 0 Å². The summed E-state index contributed by atoms with van der Waals surface area (Å²) in [7, 11) is 0. The van der Waals surface area contributed by atoms with E-state index in [-0.39, 0.29) is 6.42 Å². The largest absolute Gasteiger partial charge is 0.481 e. The molecule has 0 aromatic rings. The van der Waals surface area contributed by atoms with Gasteiger partial charge in [0, 0.05) is 13.3 Å². The van der Waals surface area contributed by atoms with E-state index in [1.54, 1.807) is 0 Å². The van der Waals surface area contributed by atoms with Gasteiger partial charge in [-0.1, -0.05) is 44.6 Å². The zero-order valence-electron chi connectivity index (χ0n) is 12.6. The van der Waals surface area contributed by atoms with E-state index >= 15 is 0 Å². The quantitative estimate of drug-likeness (QED) is 0.708. The molecule has 0 saturated heterocycles. The minimum atomic E-state index is -0.833. The van der Waals surface area contributed by atoms with Crippen molar-refractivity contribution >= 4 is 11.9 Å². The zero-order chi connectivity index (χ0) is 15.5. The molecule has 112 valence electrons. The molecule has 19 heavy (non-hydrogen) atoms. The lowest BCUT2D eigenvalue weighted by Crippen LogP contribution is -1.91. The van der Waals surface area contributed by atoms with Crippen LogP contribution in [0.15, 0.2) is 24.3 Å². The summed E-state index contributed by atoms with van der Waals surface area (Å²) in [5.41, 5.74) is 0. The second kappa shape index (κ2) is 21.7. The summed E-state index contributed by atoms with van der Waals surface area (Å²) in [5.74, 6) is -1.55. The predicted molar refractivity (Wildman–Crippen MR) is 79.3 cm³/mol. The average molecular weight is 272 g/mol. The maximum atomic E-state index is 10.00. The number of aliphatic carboxylic acids is 2. The van der Waals surface area contributed by atoms with Gasteiger partial charge in [-0.05, 0) is 26.2 Å². The van der Waals surface area contributed by atoms with E-state index in [1.807, 2.05) is 19.1 Å². The zero-order valence-corrected chi connectivity index (χ0v) is 12.6. The third kappa shape index (κ3) is 62.0. The van der Waals surface area contributed by atoms with Gasteiger partial charge >= 0.3 is 5.97 Å². The summed E-state index contributed by atoms with van der Waals surface area (Å²) in [6, 6.07) is 0. The molecule has 0 aliphatic rings. The van der Waals surface area contributed by atoms with Crippen molar-refractivity contribution < 1.29 is 19.8 Å². The van der Waals surface area contributed by atoms with Crippen molar-refractivity contribution in [1.82, 2.24) is 0 Å². The lowest BCUT2D eigenvalue weighted by molar-refractivity contribution is -0.137. The van der Waals surface area contributed by atoms with Crippen LogP contribution >= 0.6 is 0 Å². The van der Waals surface area contributed by atoms with Gasteiger partial charge in [0.1, 0.15) is 0 Å². The van der Waals surface area contributed by atoms with Crippen LogP contribution in [0.4, 0.5) is 0 Å². The number of hydrogen-bond acceptors (Lipinski definition) is 2. The topological polar surface area (TPSA) is 74.6 Å². The van der Waals surface area contributed by atoms with Crippen LogP contribution in [0.3, 0.4) is 0 Å². The highest BCUT2D eigenvalue weighted by Gasteiger charge is 1.90. The van der Waals surface area contributed by atoms with Crippen molar-refractivity contribution in [3.8, 4) is 0 Å². The van der Waals surface area contributed by atoms with Crippen LogP contribution in [0.1, 0.15) is 59.8 Å². The minimum Gasteiger partial charge on any atom is -0.481 e. The third-order valence-corrected chi connectivity index (χ3v) is 1.62. The minimum absolute atomic E-state index is 0.250. The van der Waals surface area contributed by atoms with Gasteiger partial charge in [0.25, 0.3) is 5.97 Å². The van der Waals surface area contributed by atoms with Crippen molar-refractivity contribution in [1.29, 1.82) is 0 Å². The average Bonchev–Trinajstić information content (AvgIpc) is 2.29. The molecule has 0 rings (SSSR count). The van der Waals surface area contributed by atoms with Crippen molar-refractivity contribution in [3.63, 3.8) is 0 Å². The summed E-state index contributed by atoms with van der Waals surface area (Å²) >= 11 is 0. The van der Waals surface area contributed by atoms with Crippen molar-refractivity contribution in [2.24, 2.45) is 0 Å². The van der Waals surface area contributed by atoms with E-state index in [9.17, 15) is 4.79 Å². The number of hydrogen-bond donors (Lipinski definition) is 2. The maximum absolute atomic E-state index is 10.00. The Hall–Kier alpha value is -1.58. The van der Waals surface area contributed by atoms with Gasteiger partial charge in [-0.2, -0.15) is 0 Å². The standard InChI is InChI=1S/C8H14O2.C5H10.C2H4O2/c1-2-3-4-5-6-7-8(9)10;1-3-5-4-2;1-2(3)4/h4-5H,2-3,6-7H2,1H3,(H,9,10);3,5H,4H2,1-2H3;1H3,(H,3,4)/b5-4+;;. The van der Waals surface area contributed by atoms with E-state index in [1.165, 1.54) is 0 Å². The number of allylic oxidation sites excluding steroid dienone is 4. The molecule has 0 radical (unpaired) electrons. The molecule has 0 heterocycles. The Morgan fingerprint density at radius 3 is 1.74 bits per heavy atom. The first-order valence-electron chi connectivity index (χ1n) is 6.59. The summed E-state index contributed by atoms with van der Waals surface area (Å²) in [6.07, 6.45) is 12.4. The lowest BCUT2D eigenvalue weighted by Gasteiger charge is -1.86. The Labute approximate surface area is 116 Å². The van der Waals surface area contributed by atoms with E-state index in [0.717, 1.165) is 26.2 Å². The molecule has 0 aromatic carbocycles. The van der Waals surface area contributed by atoms with Crippen LogP contribution in [0.25, 0.3) is 0 Å². The molecule has 0 atom stereocenters. The lowest BCUT2D eigenvalue weighted by atomic mass is 10.2. The van der Waals surface area contributed by atoms with E-state index in [4.69, 9.17) is 15.0 Å². The van der Waals surface area contributed by atoms with E-state index < -0.39 is 11.9 Å². The molecular weight excluding hydrogens is 244 g/mol. The first kappa shape index (κ1) is 22.6. The van der Waals surface area contributed by atoms with E-state index in [0.29, 0.717) is 6.42 Å². The highest BCUT2D eigenvalue weighted by molar-refractivity contribution is 5.66. The molecule has 2 N–H and O–H groups in total. The molecule has 4 heteroatoms. The van der Waals surface area contributed by atoms with Gasteiger partial charge in [-0.15, -0.1) is 0 Å². The summed E-state index contributed by atoms with van der Waals surface area (Å²) in [4.78, 5) is 19.0. The Morgan fingerprint density at radius 2 is 1.47 bits per heavy atom. The fraction of sp³-hybridized carbons (Fsp3) is 0.600. The monoisotopic (exact) mass is 272 g/mol. The summed E-state index contributed by atoms with van der Waals surface area (Å²) < 4.78 is 0. The van der Waals surface area contributed by atoms with Gasteiger partial charge in [0.2, 0.25) is 0 Å². The van der Waals surface area contributed by atoms with Crippen molar-refractivity contribution in [2.45, 2.75) is 59.8 Å². The van der Waals surface area contributed by atoms with Gasteiger partial charge in [-0.25, -0.2) is 0 Å². The number of carboxylic acids is 2. The van der Waals surface area contributed by atoms with Gasteiger partial charge < -0.3 is 10.2 Å². The van der Waals surface area contributed by atoms with Gasteiger partial charge in [0.05, 0.1) is 0 Å². The number of rotatable bonds is 6. The number of unbranched alkanes of at least 4 members (excludes halogenated alkanes) is 1. The molecule has 0 bridgehead atoms. The van der Waals surface area contributed by atoms with Crippen molar-refractivity contribution in [2.75, 3.05) is 0 Å². The summed E-state index contributed by atoms with van der Waals surface area (Å²) in [5, 5.41) is 15.7. The van der Waals surface area contributed by atoms with Crippen LogP contribution in [0.5, 0.6) is 0 Å². The Balaban J connectivity index is -0.000000238. The molecule has 4 nitrogen and oxygen atoms in total. The van der Waals surface area contributed by atoms with Crippen LogP contribution in [-0.2, 0) is 9.59 Å². The normalized spacial score (nSPS) is 9.47. The molecule has 0 saturated carbocycles. The fourth-order valence-corrected chi connectivity index (χ4v) is 0.845.